The highest BCUT2D eigenvalue weighted by molar-refractivity contribution is 6.30. The Morgan fingerprint density at radius 1 is 1.09 bits per heavy atom. The Labute approximate surface area is 133 Å². The van der Waals surface area contributed by atoms with Crippen molar-refractivity contribution in [2.24, 2.45) is 0 Å². The molecular weight excluding hydrogens is 298 g/mol. The fourth-order valence-corrected chi connectivity index (χ4v) is 2.31. The van der Waals surface area contributed by atoms with Gasteiger partial charge in [-0.25, -0.2) is 9.67 Å². The molecule has 0 bridgehead atoms. The monoisotopic (exact) mass is 311 g/mol. The van der Waals surface area contributed by atoms with E-state index in [1.165, 1.54) is 6.33 Å². The van der Waals surface area contributed by atoms with E-state index in [0.29, 0.717) is 10.6 Å². The minimum absolute atomic E-state index is 0.651. The van der Waals surface area contributed by atoms with Crippen LogP contribution in [0.4, 0.5) is 0 Å². The van der Waals surface area contributed by atoms with Gasteiger partial charge in [-0.3, -0.25) is 0 Å². The zero-order chi connectivity index (χ0) is 15.4. The second-order valence-corrected chi connectivity index (χ2v) is 5.22. The van der Waals surface area contributed by atoms with E-state index in [9.17, 15) is 5.11 Å². The summed E-state index contributed by atoms with van der Waals surface area (Å²) in [5, 5.41) is 15.5. The molecule has 0 aliphatic heterocycles. The van der Waals surface area contributed by atoms with Crippen molar-refractivity contribution in [2.45, 2.75) is 6.10 Å². The quantitative estimate of drug-likeness (QED) is 0.800. The molecule has 1 N–H and O–H groups in total. The second kappa shape index (κ2) is 6.56. The van der Waals surface area contributed by atoms with Crippen LogP contribution in [0.25, 0.3) is 11.8 Å². The average Bonchev–Trinajstić information content (AvgIpc) is 3.07. The lowest BCUT2D eigenvalue weighted by molar-refractivity contribution is 0.238. The maximum absolute atomic E-state index is 10.7. The topological polar surface area (TPSA) is 50.9 Å². The van der Waals surface area contributed by atoms with Crippen LogP contribution >= 0.6 is 11.6 Å². The van der Waals surface area contributed by atoms with Crippen LogP contribution in [0.5, 0.6) is 0 Å². The van der Waals surface area contributed by atoms with Crippen LogP contribution in [0.2, 0.25) is 5.02 Å². The van der Waals surface area contributed by atoms with E-state index < -0.39 is 6.10 Å². The first-order valence-corrected chi connectivity index (χ1v) is 7.16. The van der Waals surface area contributed by atoms with Crippen molar-refractivity contribution < 1.29 is 5.11 Å². The molecule has 0 saturated carbocycles. The maximum Gasteiger partial charge on any atom is 0.138 e. The summed E-state index contributed by atoms with van der Waals surface area (Å²) in [4.78, 5) is 3.92. The van der Waals surface area contributed by atoms with Crippen molar-refractivity contribution >= 4 is 23.4 Å². The Morgan fingerprint density at radius 3 is 2.45 bits per heavy atom. The molecule has 22 heavy (non-hydrogen) atoms. The molecular formula is C17H14ClN3O. The normalized spacial score (nSPS) is 13.1. The Bertz CT molecular complexity index is 752. The largest absolute Gasteiger partial charge is 0.384 e. The van der Waals surface area contributed by atoms with Gasteiger partial charge in [0.2, 0.25) is 0 Å². The van der Waals surface area contributed by atoms with Crippen LogP contribution in [-0.4, -0.2) is 19.9 Å². The first-order valence-electron chi connectivity index (χ1n) is 6.79. The van der Waals surface area contributed by atoms with Crippen LogP contribution in [0.3, 0.4) is 0 Å². The highest BCUT2D eigenvalue weighted by Crippen LogP contribution is 2.31. The predicted octanol–water partition coefficient (Wildman–Crippen LogP) is 3.66. The van der Waals surface area contributed by atoms with Crippen molar-refractivity contribution in [2.75, 3.05) is 0 Å². The van der Waals surface area contributed by atoms with E-state index >= 15 is 0 Å². The SMILES string of the molecule is OC(/C(=C/n1cncn1)c1ccc(Cl)cc1)c1ccccc1. The third-order valence-corrected chi connectivity index (χ3v) is 3.55. The summed E-state index contributed by atoms with van der Waals surface area (Å²) in [5.41, 5.74) is 2.40. The van der Waals surface area contributed by atoms with E-state index in [4.69, 9.17) is 11.6 Å². The van der Waals surface area contributed by atoms with Gasteiger partial charge in [-0.2, -0.15) is 5.10 Å². The molecule has 0 fully saturated rings. The van der Waals surface area contributed by atoms with E-state index in [0.717, 1.165) is 11.1 Å². The van der Waals surface area contributed by atoms with Crippen LogP contribution in [0.15, 0.2) is 67.3 Å². The Morgan fingerprint density at radius 2 is 1.82 bits per heavy atom. The lowest BCUT2D eigenvalue weighted by Gasteiger charge is -2.16. The number of aliphatic hydroxyl groups is 1. The summed E-state index contributed by atoms with van der Waals surface area (Å²) in [6.07, 6.45) is 4.01. The second-order valence-electron chi connectivity index (χ2n) is 4.78. The van der Waals surface area contributed by atoms with E-state index in [2.05, 4.69) is 10.1 Å². The molecule has 1 aromatic heterocycles. The zero-order valence-corrected chi connectivity index (χ0v) is 12.4. The van der Waals surface area contributed by atoms with Gasteiger partial charge in [0, 0.05) is 16.8 Å². The molecule has 1 atom stereocenters. The molecule has 2 aromatic carbocycles. The molecule has 1 unspecified atom stereocenters. The molecule has 0 aliphatic carbocycles. The van der Waals surface area contributed by atoms with Crippen molar-refractivity contribution in [3.05, 3.63) is 83.4 Å². The molecule has 3 rings (SSSR count). The molecule has 3 aromatic rings. The lowest BCUT2D eigenvalue weighted by Crippen LogP contribution is -2.03. The molecule has 4 nitrogen and oxygen atoms in total. The van der Waals surface area contributed by atoms with Crippen LogP contribution in [-0.2, 0) is 0 Å². The smallest absolute Gasteiger partial charge is 0.138 e. The number of rotatable bonds is 4. The number of hydrogen-bond donors (Lipinski definition) is 1. The zero-order valence-electron chi connectivity index (χ0n) is 11.7. The first-order chi connectivity index (χ1) is 10.7. The highest BCUT2D eigenvalue weighted by atomic mass is 35.5. The van der Waals surface area contributed by atoms with Crippen molar-refractivity contribution in [1.82, 2.24) is 14.8 Å². The van der Waals surface area contributed by atoms with E-state index in [1.807, 2.05) is 42.5 Å². The Balaban J connectivity index is 2.05. The molecule has 1 heterocycles. The van der Waals surface area contributed by atoms with Crippen LogP contribution in [0.1, 0.15) is 17.2 Å². The van der Waals surface area contributed by atoms with Gasteiger partial charge in [0.05, 0.1) is 0 Å². The first kappa shape index (κ1) is 14.5. The van der Waals surface area contributed by atoms with Gasteiger partial charge in [-0.05, 0) is 23.3 Å². The summed E-state index contributed by atoms with van der Waals surface area (Å²) in [7, 11) is 0. The predicted molar refractivity (Wildman–Crippen MR) is 87.0 cm³/mol. The molecule has 110 valence electrons. The van der Waals surface area contributed by atoms with Gasteiger partial charge in [-0.15, -0.1) is 0 Å². The third-order valence-electron chi connectivity index (χ3n) is 3.30. The Hall–Kier alpha value is -2.43. The summed E-state index contributed by atoms with van der Waals surface area (Å²) < 4.78 is 1.57. The fraction of sp³-hybridized carbons (Fsp3) is 0.0588. The fourth-order valence-electron chi connectivity index (χ4n) is 2.19. The minimum atomic E-state index is -0.772. The molecule has 0 radical (unpaired) electrons. The van der Waals surface area contributed by atoms with E-state index in [1.54, 1.807) is 29.3 Å². The van der Waals surface area contributed by atoms with Gasteiger partial charge in [0.1, 0.15) is 18.8 Å². The highest BCUT2D eigenvalue weighted by Gasteiger charge is 2.15. The number of halogens is 1. The van der Waals surface area contributed by atoms with Gasteiger partial charge in [0.25, 0.3) is 0 Å². The van der Waals surface area contributed by atoms with Gasteiger partial charge in [0.15, 0.2) is 0 Å². The molecule has 0 aliphatic rings. The molecule has 5 heteroatoms. The summed E-state index contributed by atoms with van der Waals surface area (Å²) in [6.45, 7) is 0. The molecule has 0 spiro atoms. The maximum atomic E-state index is 10.7. The number of nitrogens with zero attached hydrogens (tertiary/aromatic N) is 3. The van der Waals surface area contributed by atoms with Gasteiger partial charge < -0.3 is 5.11 Å². The van der Waals surface area contributed by atoms with E-state index in [-0.39, 0.29) is 0 Å². The lowest BCUT2D eigenvalue weighted by atomic mass is 9.96. The van der Waals surface area contributed by atoms with Crippen molar-refractivity contribution in [3.63, 3.8) is 0 Å². The van der Waals surface area contributed by atoms with Gasteiger partial charge in [-0.1, -0.05) is 54.1 Å². The van der Waals surface area contributed by atoms with Crippen LogP contribution < -0.4 is 0 Å². The number of benzene rings is 2. The molecule has 0 amide bonds. The minimum Gasteiger partial charge on any atom is -0.384 e. The van der Waals surface area contributed by atoms with Gasteiger partial charge >= 0.3 is 0 Å². The Kier molecular flexibility index (Phi) is 4.32. The number of hydrogen-bond acceptors (Lipinski definition) is 3. The summed E-state index contributed by atoms with van der Waals surface area (Å²) in [5.74, 6) is 0. The standard InChI is InChI=1S/C17H14ClN3O/c18-15-8-6-13(7-9-15)16(10-21-12-19-11-20-21)17(22)14-4-2-1-3-5-14/h1-12,17,22H/b16-10+. The van der Waals surface area contributed by atoms with Crippen molar-refractivity contribution in [3.8, 4) is 0 Å². The third kappa shape index (κ3) is 3.24. The van der Waals surface area contributed by atoms with Crippen LogP contribution in [0, 0.1) is 0 Å². The average molecular weight is 312 g/mol. The summed E-state index contributed by atoms with van der Waals surface area (Å²) >= 11 is 5.95. The summed E-state index contributed by atoms with van der Waals surface area (Å²) in [6, 6.07) is 16.8. The number of aliphatic hydroxyl groups excluding tert-OH is 1. The number of aromatic nitrogens is 3. The molecule has 0 saturated heterocycles. The van der Waals surface area contributed by atoms with Crippen molar-refractivity contribution in [1.29, 1.82) is 0 Å².